The first-order valence-electron chi connectivity index (χ1n) is 7.72. The van der Waals surface area contributed by atoms with E-state index in [0.717, 1.165) is 16.8 Å². The molecule has 126 valence electrons. The molecule has 0 bridgehead atoms. The van der Waals surface area contributed by atoms with Crippen LogP contribution >= 0.6 is 23.2 Å². The molecule has 2 unspecified atom stereocenters. The number of halogens is 2. The predicted octanol–water partition coefficient (Wildman–Crippen LogP) is 5.44. The lowest BCUT2D eigenvalue weighted by Gasteiger charge is -2.33. The van der Waals surface area contributed by atoms with Gasteiger partial charge in [0.15, 0.2) is 6.23 Å². The van der Waals surface area contributed by atoms with Crippen molar-refractivity contribution in [3.05, 3.63) is 63.6 Å². The highest BCUT2D eigenvalue weighted by molar-refractivity contribution is 6.31. The van der Waals surface area contributed by atoms with Crippen LogP contribution in [0.15, 0.2) is 42.5 Å². The second-order valence-electron chi connectivity index (χ2n) is 5.48. The van der Waals surface area contributed by atoms with Crippen LogP contribution in [0, 0.1) is 0 Å². The average molecular weight is 366 g/mol. The van der Waals surface area contributed by atoms with E-state index >= 15 is 0 Å². The molecule has 0 saturated carbocycles. The zero-order valence-corrected chi connectivity index (χ0v) is 14.6. The van der Waals surface area contributed by atoms with Gasteiger partial charge in [0.1, 0.15) is 0 Å². The number of benzene rings is 2. The molecule has 2 atom stereocenters. The molecule has 0 amide bonds. The molecule has 0 spiro atoms. The third-order valence-electron chi connectivity index (χ3n) is 3.94. The molecular weight excluding hydrogens is 349 g/mol. The normalized spacial score (nSPS) is 19.1. The largest absolute Gasteiger partial charge is 0.510 e. The van der Waals surface area contributed by atoms with E-state index in [-0.39, 0.29) is 12.5 Å². The van der Waals surface area contributed by atoms with E-state index in [1.165, 1.54) is 0 Å². The first kappa shape index (κ1) is 16.9. The van der Waals surface area contributed by atoms with Gasteiger partial charge in [0.2, 0.25) is 0 Å². The Morgan fingerprint density at radius 3 is 2.75 bits per heavy atom. The molecule has 0 radical (unpaired) electrons. The monoisotopic (exact) mass is 365 g/mol. The topological polar surface area (TPSA) is 47.6 Å². The average Bonchev–Trinajstić information content (AvgIpc) is 2.55. The van der Waals surface area contributed by atoms with Crippen molar-refractivity contribution < 1.29 is 14.3 Å². The van der Waals surface area contributed by atoms with Gasteiger partial charge in [-0.05, 0) is 42.3 Å². The van der Waals surface area contributed by atoms with E-state index < -0.39 is 12.4 Å². The van der Waals surface area contributed by atoms with Gasteiger partial charge in [0.05, 0.1) is 6.61 Å². The van der Waals surface area contributed by atoms with Gasteiger partial charge in [0.25, 0.3) is 0 Å². The standard InChI is InChI=1S/C18H17Cl2NO3/c1-2-23-18(22)24-17-10-13(12-5-3-4-6-15(12)20)14-9-11(19)7-8-16(14)21-17/h3-9,13,17,21H,2,10H2,1H3. The number of rotatable bonds is 3. The summed E-state index contributed by atoms with van der Waals surface area (Å²) in [6.07, 6.45) is -0.653. The van der Waals surface area contributed by atoms with E-state index in [1.807, 2.05) is 36.4 Å². The third-order valence-corrected chi connectivity index (χ3v) is 4.52. The minimum atomic E-state index is -0.690. The molecule has 0 fully saturated rings. The SMILES string of the molecule is CCOC(=O)OC1CC(c2ccccc2Cl)c2cc(Cl)ccc2N1. The third kappa shape index (κ3) is 3.60. The van der Waals surface area contributed by atoms with Crippen LogP contribution in [0.2, 0.25) is 10.0 Å². The molecule has 1 aliphatic rings. The predicted molar refractivity (Wildman–Crippen MR) is 94.9 cm³/mol. The highest BCUT2D eigenvalue weighted by Gasteiger charge is 2.31. The van der Waals surface area contributed by atoms with Crippen LogP contribution in [0.1, 0.15) is 30.4 Å². The molecular formula is C18H17Cl2NO3. The van der Waals surface area contributed by atoms with Crippen molar-refractivity contribution in [2.45, 2.75) is 25.5 Å². The van der Waals surface area contributed by atoms with Crippen LogP contribution in [-0.2, 0) is 9.47 Å². The molecule has 3 rings (SSSR count). The first-order valence-corrected chi connectivity index (χ1v) is 8.48. The number of ether oxygens (including phenoxy) is 2. The fourth-order valence-corrected chi connectivity index (χ4v) is 3.37. The fraction of sp³-hybridized carbons (Fsp3) is 0.278. The van der Waals surface area contributed by atoms with Crippen LogP contribution in [0.3, 0.4) is 0 Å². The number of carbonyl (C=O) groups is 1. The number of nitrogens with one attached hydrogen (secondary N) is 1. The summed E-state index contributed by atoms with van der Waals surface area (Å²) in [7, 11) is 0. The van der Waals surface area contributed by atoms with E-state index in [2.05, 4.69) is 5.32 Å². The summed E-state index contributed by atoms with van der Waals surface area (Å²) in [6, 6.07) is 13.2. The minimum Gasteiger partial charge on any atom is -0.435 e. The number of fused-ring (bicyclic) bond motifs is 1. The van der Waals surface area contributed by atoms with Crippen molar-refractivity contribution in [1.29, 1.82) is 0 Å². The molecule has 1 N–H and O–H groups in total. The Kier molecular flexibility index (Phi) is 5.17. The maximum atomic E-state index is 11.7. The smallest absolute Gasteiger partial charge is 0.435 e. The molecule has 2 aromatic rings. The Morgan fingerprint density at radius 2 is 2.00 bits per heavy atom. The van der Waals surface area contributed by atoms with Gasteiger partial charge in [-0.1, -0.05) is 41.4 Å². The summed E-state index contributed by atoms with van der Waals surface area (Å²) < 4.78 is 10.2. The van der Waals surface area contributed by atoms with Crippen molar-refractivity contribution in [3.8, 4) is 0 Å². The lowest BCUT2D eigenvalue weighted by Crippen LogP contribution is -2.33. The molecule has 0 aliphatic carbocycles. The Balaban J connectivity index is 1.95. The molecule has 1 aliphatic heterocycles. The quantitative estimate of drug-likeness (QED) is 0.735. The van der Waals surface area contributed by atoms with Crippen molar-refractivity contribution >= 4 is 35.0 Å². The van der Waals surface area contributed by atoms with Gasteiger partial charge in [-0.15, -0.1) is 0 Å². The van der Waals surface area contributed by atoms with Gasteiger partial charge in [-0.25, -0.2) is 4.79 Å². The maximum absolute atomic E-state index is 11.7. The summed E-state index contributed by atoms with van der Waals surface area (Å²) in [5.74, 6) is -0.0342. The van der Waals surface area contributed by atoms with Gasteiger partial charge in [-0.2, -0.15) is 0 Å². The summed E-state index contributed by atoms with van der Waals surface area (Å²) in [5, 5.41) is 4.53. The van der Waals surface area contributed by atoms with Crippen LogP contribution in [0.25, 0.3) is 0 Å². The maximum Gasteiger partial charge on any atom is 0.510 e. The van der Waals surface area contributed by atoms with Gasteiger partial charge in [0, 0.05) is 28.1 Å². The van der Waals surface area contributed by atoms with Gasteiger partial charge < -0.3 is 14.8 Å². The Morgan fingerprint density at radius 1 is 1.21 bits per heavy atom. The van der Waals surface area contributed by atoms with Crippen LogP contribution in [0.5, 0.6) is 0 Å². The number of hydrogen-bond acceptors (Lipinski definition) is 4. The van der Waals surface area contributed by atoms with Crippen molar-refractivity contribution in [1.82, 2.24) is 0 Å². The zero-order valence-electron chi connectivity index (χ0n) is 13.1. The number of carbonyl (C=O) groups excluding carboxylic acids is 1. The lowest BCUT2D eigenvalue weighted by molar-refractivity contribution is 0.0301. The number of hydrogen-bond donors (Lipinski definition) is 1. The summed E-state index contributed by atoms with van der Waals surface area (Å²) in [6.45, 7) is 2.01. The van der Waals surface area contributed by atoms with Crippen LogP contribution in [-0.4, -0.2) is 19.0 Å². The highest BCUT2D eigenvalue weighted by Crippen LogP contribution is 2.42. The lowest BCUT2D eigenvalue weighted by atomic mass is 9.84. The molecule has 24 heavy (non-hydrogen) atoms. The Bertz CT molecular complexity index is 751. The van der Waals surface area contributed by atoms with Gasteiger partial charge >= 0.3 is 6.16 Å². The van der Waals surface area contributed by atoms with Crippen LogP contribution in [0.4, 0.5) is 10.5 Å². The van der Waals surface area contributed by atoms with Gasteiger partial charge in [-0.3, -0.25) is 0 Å². The molecule has 0 aromatic heterocycles. The van der Waals surface area contributed by atoms with Crippen molar-refractivity contribution in [3.63, 3.8) is 0 Å². The summed E-state index contributed by atoms with van der Waals surface area (Å²) >= 11 is 12.5. The van der Waals surface area contributed by atoms with Crippen LogP contribution < -0.4 is 5.32 Å². The Labute approximate surface area is 150 Å². The Hall–Kier alpha value is -1.91. The van der Waals surface area contributed by atoms with E-state index in [1.54, 1.807) is 13.0 Å². The van der Waals surface area contributed by atoms with E-state index in [4.69, 9.17) is 32.7 Å². The zero-order chi connectivity index (χ0) is 17.1. The van der Waals surface area contributed by atoms with E-state index in [0.29, 0.717) is 16.5 Å². The fourth-order valence-electron chi connectivity index (χ4n) is 2.92. The van der Waals surface area contributed by atoms with E-state index in [9.17, 15) is 4.79 Å². The molecule has 0 saturated heterocycles. The van der Waals surface area contributed by atoms with Crippen molar-refractivity contribution in [2.75, 3.05) is 11.9 Å². The summed E-state index contributed by atoms with van der Waals surface area (Å²) in [5.41, 5.74) is 2.87. The molecule has 6 heteroatoms. The minimum absolute atomic E-state index is 0.0342. The second kappa shape index (κ2) is 7.32. The first-order chi connectivity index (χ1) is 11.6. The molecule has 4 nitrogen and oxygen atoms in total. The number of anilines is 1. The molecule has 2 aromatic carbocycles. The summed E-state index contributed by atoms with van der Waals surface area (Å²) in [4.78, 5) is 11.7. The molecule has 1 heterocycles. The van der Waals surface area contributed by atoms with Crippen molar-refractivity contribution in [2.24, 2.45) is 0 Å². The second-order valence-corrected chi connectivity index (χ2v) is 6.32. The highest BCUT2D eigenvalue weighted by atomic mass is 35.5.